The molecule has 4 nitrogen and oxygen atoms in total. The van der Waals surface area contributed by atoms with E-state index in [1.807, 2.05) is 6.07 Å². The fraction of sp³-hybridized carbons (Fsp3) is 0.368. The summed E-state index contributed by atoms with van der Waals surface area (Å²) in [6.45, 7) is 5.28. The van der Waals surface area contributed by atoms with Crippen LogP contribution in [0.4, 0.5) is 0 Å². The van der Waals surface area contributed by atoms with Crippen LogP contribution in [-0.4, -0.2) is 21.9 Å². The molecule has 3 rings (SSSR count). The number of aromatic nitrogens is 3. The van der Waals surface area contributed by atoms with Crippen molar-refractivity contribution in [3.63, 3.8) is 0 Å². The molecule has 0 spiro atoms. The number of methoxy groups -OCH3 is 1. The normalized spacial score (nSPS) is 12.5. The molecule has 0 radical (unpaired) electrons. The second kappa shape index (κ2) is 7.18. The summed E-state index contributed by atoms with van der Waals surface area (Å²) in [5.74, 6) is 2.06. The van der Waals surface area contributed by atoms with E-state index in [4.69, 9.17) is 17.0 Å². The molecule has 1 atom stereocenters. The fourth-order valence-electron chi connectivity index (χ4n) is 2.98. The number of fused-ring (bicyclic) bond motifs is 1. The smallest absolute Gasteiger partial charge is 0.195 e. The van der Waals surface area contributed by atoms with E-state index in [1.54, 1.807) is 7.11 Å². The van der Waals surface area contributed by atoms with Gasteiger partial charge in [0.2, 0.25) is 0 Å². The van der Waals surface area contributed by atoms with Gasteiger partial charge in [-0.25, -0.2) is 0 Å². The molecule has 2 aromatic carbocycles. The van der Waals surface area contributed by atoms with Gasteiger partial charge in [0.25, 0.3) is 0 Å². The highest BCUT2D eigenvalue weighted by Gasteiger charge is 2.16. The van der Waals surface area contributed by atoms with Gasteiger partial charge in [-0.2, -0.15) is 5.10 Å². The lowest BCUT2D eigenvalue weighted by Gasteiger charge is -2.14. The summed E-state index contributed by atoms with van der Waals surface area (Å²) in [4.78, 5) is 0. The Bertz CT molecular complexity index is 897. The first-order chi connectivity index (χ1) is 11.6. The maximum absolute atomic E-state index is 5.39. The van der Waals surface area contributed by atoms with Gasteiger partial charge in [0.05, 0.1) is 7.11 Å². The Kier molecular flexibility index (Phi) is 5.00. The van der Waals surface area contributed by atoms with Gasteiger partial charge in [-0.15, -0.1) is 0 Å². The van der Waals surface area contributed by atoms with E-state index in [-0.39, 0.29) is 5.92 Å². The molecule has 24 heavy (non-hydrogen) atoms. The second-order valence-electron chi connectivity index (χ2n) is 6.09. The highest BCUT2D eigenvalue weighted by Crippen LogP contribution is 2.28. The number of H-pyrrole nitrogens is 1. The molecule has 0 saturated carbocycles. The van der Waals surface area contributed by atoms with Crippen molar-refractivity contribution in [1.82, 2.24) is 14.8 Å². The van der Waals surface area contributed by atoms with Crippen molar-refractivity contribution in [2.45, 2.75) is 39.2 Å². The SMILES string of the molecule is CCCCn1c(C(C)c2ccc3cc(OC)ccc3c2)n[nH]c1=S. The number of aromatic amines is 1. The third kappa shape index (κ3) is 3.22. The zero-order chi connectivity index (χ0) is 17.1. The number of unbranched alkanes of at least 4 members (excludes halogenated alkanes) is 1. The molecule has 1 aromatic heterocycles. The van der Waals surface area contributed by atoms with Gasteiger partial charge in [0.1, 0.15) is 11.6 Å². The van der Waals surface area contributed by atoms with E-state index in [0.717, 1.165) is 31.0 Å². The number of ether oxygens (including phenoxy) is 1. The number of hydrogen-bond acceptors (Lipinski definition) is 3. The van der Waals surface area contributed by atoms with Gasteiger partial charge in [0.15, 0.2) is 4.77 Å². The van der Waals surface area contributed by atoms with Crippen molar-refractivity contribution in [1.29, 1.82) is 0 Å². The minimum atomic E-state index is 0.182. The van der Waals surface area contributed by atoms with Crippen LogP contribution in [0.25, 0.3) is 10.8 Å². The van der Waals surface area contributed by atoms with Gasteiger partial charge in [-0.1, -0.05) is 44.5 Å². The van der Waals surface area contributed by atoms with Gasteiger partial charge >= 0.3 is 0 Å². The third-order valence-corrected chi connectivity index (χ3v) is 4.79. The average Bonchev–Trinajstić information content (AvgIpc) is 2.98. The predicted octanol–water partition coefficient (Wildman–Crippen LogP) is 5.05. The number of nitrogens with zero attached hydrogens (tertiary/aromatic N) is 2. The Labute approximate surface area is 147 Å². The molecular weight excluding hydrogens is 318 g/mol. The van der Waals surface area contributed by atoms with Crippen LogP contribution in [-0.2, 0) is 6.54 Å². The molecule has 1 unspecified atom stereocenters. The maximum atomic E-state index is 5.39. The van der Waals surface area contributed by atoms with Crippen LogP contribution in [0.5, 0.6) is 5.75 Å². The van der Waals surface area contributed by atoms with E-state index in [0.29, 0.717) is 4.77 Å². The number of hydrogen-bond donors (Lipinski definition) is 1. The standard InChI is InChI=1S/C19H23N3OS/c1-4-5-10-22-18(20-21-19(22)24)13(2)14-6-7-16-12-17(23-3)9-8-15(16)11-14/h6-9,11-13H,4-5,10H2,1-3H3,(H,21,24). The maximum Gasteiger partial charge on any atom is 0.195 e. The van der Waals surface area contributed by atoms with Crippen molar-refractivity contribution < 1.29 is 4.74 Å². The summed E-state index contributed by atoms with van der Waals surface area (Å²) in [5.41, 5.74) is 1.24. The molecule has 5 heteroatoms. The second-order valence-corrected chi connectivity index (χ2v) is 6.47. The Balaban J connectivity index is 1.96. The van der Waals surface area contributed by atoms with Gasteiger partial charge < -0.3 is 9.30 Å². The first kappa shape index (κ1) is 16.7. The van der Waals surface area contributed by atoms with Gasteiger partial charge in [-0.3, -0.25) is 5.10 Å². The quantitative estimate of drug-likeness (QED) is 0.638. The van der Waals surface area contributed by atoms with Crippen LogP contribution in [0, 0.1) is 4.77 Å². The van der Waals surface area contributed by atoms with Crippen LogP contribution in [0.2, 0.25) is 0 Å². The molecule has 3 aromatic rings. The minimum absolute atomic E-state index is 0.182. The van der Waals surface area contributed by atoms with Crippen molar-refractivity contribution >= 4 is 23.0 Å². The van der Waals surface area contributed by atoms with Crippen LogP contribution in [0.15, 0.2) is 36.4 Å². The Hall–Kier alpha value is -2.14. The van der Waals surface area contributed by atoms with Crippen LogP contribution >= 0.6 is 12.2 Å². The summed E-state index contributed by atoms with van der Waals surface area (Å²) >= 11 is 5.39. The van der Waals surface area contributed by atoms with E-state index >= 15 is 0 Å². The zero-order valence-corrected chi connectivity index (χ0v) is 15.2. The van der Waals surface area contributed by atoms with Crippen molar-refractivity contribution in [2.75, 3.05) is 7.11 Å². The minimum Gasteiger partial charge on any atom is -0.497 e. The lowest BCUT2D eigenvalue weighted by Crippen LogP contribution is -2.08. The van der Waals surface area contributed by atoms with Crippen molar-refractivity contribution in [3.8, 4) is 5.75 Å². The third-order valence-electron chi connectivity index (χ3n) is 4.48. The molecule has 126 valence electrons. The lowest BCUT2D eigenvalue weighted by molar-refractivity contribution is 0.415. The zero-order valence-electron chi connectivity index (χ0n) is 14.4. The highest BCUT2D eigenvalue weighted by molar-refractivity contribution is 7.71. The first-order valence-electron chi connectivity index (χ1n) is 8.37. The summed E-state index contributed by atoms with van der Waals surface area (Å²) in [6, 6.07) is 12.7. The number of rotatable bonds is 6. The van der Waals surface area contributed by atoms with E-state index in [2.05, 4.69) is 58.9 Å². The molecule has 0 amide bonds. The number of benzene rings is 2. The molecular formula is C19H23N3OS. The van der Waals surface area contributed by atoms with Crippen LogP contribution in [0.3, 0.4) is 0 Å². The molecule has 0 aliphatic heterocycles. The fourth-order valence-corrected chi connectivity index (χ4v) is 3.21. The average molecular weight is 341 g/mol. The first-order valence-corrected chi connectivity index (χ1v) is 8.77. The lowest BCUT2D eigenvalue weighted by atomic mass is 9.97. The molecule has 0 bridgehead atoms. The van der Waals surface area contributed by atoms with Crippen LogP contribution in [0.1, 0.15) is 44.0 Å². The van der Waals surface area contributed by atoms with Gasteiger partial charge in [-0.05, 0) is 47.1 Å². The molecule has 0 aliphatic carbocycles. The largest absolute Gasteiger partial charge is 0.497 e. The summed E-state index contributed by atoms with van der Waals surface area (Å²) < 4.78 is 8.13. The number of nitrogens with one attached hydrogen (secondary N) is 1. The molecule has 0 aliphatic rings. The monoisotopic (exact) mass is 341 g/mol. The Morgan fingerprint density at radius 3 is 2.71 bits per heavy atom. The highest BCUT2D eigenvalue weighted by atomic mass is 32.1. The molecule has 1 heterocycles. The molecule has 0 fully saturated rings. The molecule has 0 saturated heterocycles. The Morgan fingerprint density at radius 2 is 1.96 bits per heavy atom. The van der Waals surface area contributed by atoms with E-state index in [9.17, 15) is 0 Å². The van der Waals surface area contributed by atoms with E-state index < -0.39 is 0 Å². The molecule has 1 N–H and O–H groups in total. The summed E-state index contributed by atoms with van der Waals surface area (Å²) in [7, 11) is 1.69. The topological polar surface area (TPSA) is 42.8 Å². The Morgan fingerprint density at radius 1 is 1.21 bits per heavy atom. The van der Waals surface area contributed by atoms with E-state index in [1.165, 1.54) is 16.3 Å². The summed E-state index contributed by atoms with van der Waals surface area (Å²) in [5, 5.41) is 9.81. The summed E-state index contributed by atoms with van der Waals surface area (Å²) in [6.07, 6.45) is 2.24. The van der Waals surface area contributed by atoms with Crippen molar-refractivity contribution in [3.05, 3.63) is 52.6 Å². The van der Waals surface area contributed by atoms with Crippen molar-refractivity contribution in [2.24, 2.45) is 0 Å². The van der Waals surface area contributed by atoms with Crippen LogP contribution < -0.4 is 4.74 Å². The predicted molar refractivity (Wildman–Crippen MR) is 100 cm³/mol. The van der Waals surface area contributed by atoms with Gasteiger partial charge in [0, 0.05) is 12.5 Å².